The molecule has 0 saturated carbocycles. The van der Waals surface area contributed by atoms with E-state index in [1.54, 1.807) is 30.4 Å². The largest absolute Gasteiger partial charge is 0.508 e. The summed E-state index contributed by atoms with van der Waals surface area (Å²) >= 11 is 1.56. The fraction of sp³-hybridized carbons (Fsp3) is 0.308. The average Bonchev–Trinajstić information content (AvgIpc) is 2.68. The Kier molecular flexibility index (Phi) is 3.76. The number of thiazole rings is 1. The van der Waals surface area contributed by atoms with Gasteiger partial charge in [0.25, 0.3) is 0 Å². The summed E-state index contributed by atoms with van der Waals surface area (Å²) in [6.45, 7) is 1.75. The van der Waals surface area contributed by atoms with E-state index in [2.05, 4.69) is 4.98 Å². The first-order valence-electron chi connectivity index (χ1n) is 5.53. The smallest absolute Gasteiger partial charge is 0.119 e. The Morgan fingerprint density at radius 3 is 2.82 bits per heavy atom. The molecule has 1 aromatic heterocycles. The second kappa shape index (κ2) is 5.29. The Balaban J connectivity index is 2.09. The topological polar surface area (TPSA) is 53.4 Å². The van der Waals surface area contributed by atoms with Gasteiger partial charge in [0.05, 0.1) is 16.8 Å². The summed E-state index contributed by atoms with van der Waals surface area (Å²) < 4.78 is 0. The highest BCUT2D eigenvalue weighted by molar-refractivity contribution is 7.09. The number of phenols is 1. The number of rotatable bonds is 4. The van der Waals surface area contributed by atoms with E-state index in [1.165, 1.54) is 0 Å². The molecule has 0 fully saturated rings. The lowest BCUT2D eigenvalue weighted by atomic mass is 10.1. The van der Waals surface area contributed by atoms with Crippen molar-refractivity contribution in [1.82, 2.24) is 4.98 Å². The van der Waals surface area contributed by atoms with Gasteiger partial charge in [0.15, 0.2) is 0 Å². The zero-order chi connectivity index (χ0) is 12.3. The van der Waals surface area contributed by atoms with E-state index in [9.17, 15) is 10.2 Å². The van der Waals surface area contributed by atoms with Crippen LogP contribution in [0.25, 0.3) is 0 Å². The number of aliphatic hydroxyl groups is 1. The second-order valence-corrected chi connectivity index (χ2v) is 5.03. The van der Waals surface area contributed by atoms with E-state index >= 15 is 0 Å². The van der Waals surface area contributed by atoms with Crippen molar-refractivity contribution in [2.45, 2.75) is 25.9 Å². The van der Waals surface area contributed by atoms with Gasteiger partial charge in [0.2, 0.25) is 0 Å². The van der Waals surface area contributed by atoms with Crippen LogP contribution < -0.4 is 0 Å². The molecule has 3 nitrogen and oxygen atoms in total. The molecule has 2 aromatic rings. The van der Waals surface area contributed by atoms with Crippen molar-refractivity contribution in [2.24, 2.45) is 0 Å². The van der Waals surface area contributed by atoms with E-state index in [1.807, 2.05) is 17.5 Å². The molecule has 2 rings (SSSR count). The lowest BCUT2D eigenvalue weighted by Crippen LogP contribution is -2.04. The predicted octanol–water partition coefficient (Wildman–Crippen LogP) is 2.36. The van der Waals surface area contributed by atoms with Crippen LogP contribution in [0.1, 0.15) is 23.2 Å². The first-order chi connectivity index (χ1) is 8.15. The highest BCUT2D eigenvalue weighted by atomic mass is 32.1. The summed E-state index contributed by atoms with van der Waals surface area (Å²) in [5.74, 6) is 0.305. The molecular formula is C13H15NO2S. The average molecular weight is 249 g/mol. The number of hydrogen-bond acceptors (Lipinski definition) is 4. The molecular weight excluding hydrogens is 234 g/mol. The van der Waals surface area contributed by atoms with Crippen molar-refractivity contribution in [2.75, 3.05) is 0 Å². The monoisotopic (exact) mass is 249 g/mol. The Bertz CT molecular complexity index is 494. The standard InChI is InChI=1S/C13H15NO2S/c1-9(15)6-11-8-17-13(14-11)7-10-4-2-3-5-12(10)16/h2-5,8-9,15-16H,6-7H2,1H3. The van der Waals surface area contributed by atoms with Crippen molar-refractivity contribution in [3.05, 3.63) is 45.9 Å². The molecule has 1 heterocycles. The molecule has 4 heteroatoms. The molecule has 0 aliphatic heterocycles. The molecule has 0 saturated heterocycles. The fourth-order valence-electron chi connectivity index (χ4n) is 1.65. The fourth-order valence-corrected chi connectivity index (χ4v) is 2.48. The quantitative estimate of drug-likeness (QED) is 0.874. The van der Waals surface area contributed by atoms with Gasteiger partial charge >= 0.3 is 0 Å². The van der Waals surface area contributed by atoms with Gasteiger partial charge in [-0.1, -0.05) is 18.2 Å². The summed E-state index contributed by atoms with van der Waals surface area (Å²) in [5.41, 5.74) is 1.79. The number of aliphatic hydroxyl groups excluding tert-OH is 1. The molecule has 0 aliphatic carbocycles. The third-order valence-electron chi connectivity index (χ3n) is 2.44. The summed E-state index contributed by atoms with van der Waals surface area (Å²) in [5, 5.41) is 21.9. The zero-order valence-electron chi connectivity index (χ0n) is 9.63. The van der Waals surface area contributed by atoms with Gasteiger partial charge in [-0.15, -0.1) is 11.3 Å². The zero-order valence-corrected chi connectivity index (χ0v) is 10.4. The van der Waals surface area contributed by atoms with E-state index < -0.39 is 0 Å². The molecule has 0 radical (unpaired) electrons. The van der Waals surface area contributed by atoms with Gasteiger partial charge < -0.3 is 10.2 Å². The molecule has 1 unspecified atom stereocenters. The normalized spacial score (nSPS) is 12.6. The minimum Gasteiger partial charge on any atom is -0.508 e. The summed E-state index contributed by atoms with van der Waals surface area (Å²) in [6.07, 6.45) is 0.851. The third kappa shape index (κ3) is 3.28. The lowest BCUT2D eigenvalue weighted by molar-refractivity contribution is 0.194. The third-order valence-corrected chi connectivity index (χ3v) is 3.33. The van der Waals surface area contributed by atoms with Crippen LogP contribution in [-0.2, 0) is 12.8 Å². The predicted molar refractivity (Wildman–Crippen MR) is 68.4 cm³/mol. The molecule has 2 N–H and O–H groups in total. The van der Waals surface area contributed by atoms with Gasteiger partial charge in [0.1, 0.15) is 5.75 Å². The highest BCUT2D eigenvalue weighted by Gasteiger charge is 2.07. The Morgan fingerprint density at radius 1 is 1.35 bits per heavy atom. The van der Waals surface area contributed by atoms with Crippen molar-refractivity contribution in [3.8, 4) is 5.75 Å². The van der Waals surface area contributed by atoms with Crippen LogP contribution in [0.3, 0.4) is 0 Å². The molecule has 1 atom stereocenters. The summed E-state index contributed by atoms with van der Waals surface area (Å²) in [4.78, 5) is 4.43. The molecule has 90 valence electrons. The molecule has 0 spiro atoms. The maximum Gasteiger partial charge on any atom is 0.119 e. The Morgan fingerprint density at radius 2 is 2.12 bits per heavy atom. The summed E-state index contributed by atoms with van der Waals surface area (Å²) in [7, 11) is 0. The first-order valence-corrected chi connectivity index (χ1v) is 6.41. The van der Waals surface area contributed by atoms with Crippen molar-refractivity contribution in [1.29, 1.82) is 0 Å². The maximum absolute atomic E-state index is 9.66. The van der Waals surface area contributed by atoms with Crippen LogP contribution in [0.2, 0.25) is 0 Å². The maximum atomic E-state index is 9.66. The number of aromatic nitrogens is 1. The van der Waals surface area contributed by atoms with E-state index in [4.69, 9.17) is 0 Å². The first kappa shape index (κ1) is 12.1. The Hall–Kier alpha value is -1.39. The minimum absolute atomic E-state index is 0.305. The van der Waals surface area contributed by atoms with Crippen LogP contribution in [-0.4, -0.2) is 21.3 Å². The van der Waals surface area contributed by atoms with Crippen LogP contribution in [0.4, 0.5) is 0 Å². The van der Waals surface area contributed by atoms with Gasteiger partial charge in [-0.25, -0.2) is 4.98 Å². The van der Waals surface area contributed by atoms with Crippen molar-refractivity contribution < 1.29 is 10.2 Å². The molecule has 0 aliphatic rings. The van der Waals surface area contributed by atoms with Gasteiger partial charge in [-0.3, -0.25) is 0 Å². The highest BCUT2D eigenvalue weighted by Crippen LogP contribution is 2.21. The van der Waals surface area contributed by atoms with Gasteiger partial charge in [-0.2, -0.15) is 0 Å². The number of benzene rings is 1. The summed E-state index contributed by atoms with van der Waals surface area (Å²) in [6, 6.07) is 7.28. The SMILES string of the molecule is CC(O)Cc1csc(Cc2ccccc2O)n1. The number of phenolic OH excluding ortho intramolecular Hbond substituents is 1. The van der Waals surface area contributed by atoms with Crippen LogP contribution in [0, 0.1) is 0 Å². The molecule has 17 heavy (non-hydrogen) atoms. The van der Waals surface area contributed by atoms with Crippen LogP contribution >= 0.6 is 11.3 Å². The molecule has 0 bridgehead atoms. The van der Waals surface area contributed by atoms with Crippen molar-refractivity contribution in [3.63, 3.8) is 0 Å². The lowest BCUT2D eigenvalue weighted by Gasteiger charge is -2.01. The van der Waals surface area contributed by atoms with Gasteiger partial charge in [-0.05, 0) is 13.0 Å². The molecule has 1 aromatic carbocycles. The van der Waals surface area contributed by atoms with E-state index in [0.717, 1.165) is 16.3 Å². The number of para-hydroxylation sites is 1. The van der Waals surface area contributed by atoms with Crippen LogP contribution in [0.15, 0.2) is 29.6 Å². The Labute approximate surface area is 104 Å². The second-order valence-electron chi connectivity index (χ2n) is 4.09. The number of hydrogen-bond donors (Lipinski definition) is 2. The number of aromatic hydroxyl groups is 1. The van der Waals surface area contributed by atoms with Crippen LogP contribution in [0.5, 0.6) is 5.75 Å². The van der Waals surface area contributed by atoms with Gasteiger partial charge in [0, 0.05) is 23.8 Å². The van der Waals surface area contributed by atoms with E-state index in [0.29, 0.717) is 18.6 Å². The molecule has 0 amide bonds. The van der Waals surface area contributed by atoms with E-state index in [-0.39, 0.29) is 6.10 Å². The van der Waals surface area contributed by atoms with Crippen molar-refractivity contribution >= 4 is 11.3 Å². The number of nitrogens with zero attached hydrogens (tertiary/aromatic N) is 1. The minimum atomic E-state index is -0.366.